The van der Waals surface area contributed by atoms with Crippen LogP contribution in [0.1, 0.15) is 24.2 Å². The average Bonchev–Trinajstić information content (AvgIpc) is 2.73. The lowest BCUT2D eigenvalue weighted by atomic mass is 10.1. The molecule has 1 fully saturated rings. The van der Waals surface area contributed by atoms with Crippen LogP contribution < -0.4 is 15.5 Å². The predicted molar refractivity (Wildman–Crippen MR) is 120 cm³/mol. The molecule has 1 heterocycles. The van der Waals surface area contributed by atoms with Crippen molar-refractivity contribution in [1.29, 1.82) is 0 Å². The van der Waals surface area contributed by atoms with Crippen molar-refractivity contribution in [1.82, 2.24) is 10.2 Å². The van der Waals surface area contributed by atoms with Crippen molar-refractivity contribution in [2.24, 2.45) is 5.92 Å². The maximum atomic E-state index is 13.2. The molecule has 8 heteroatoms. The Morgan fingerprint density at radius 3 is 2.30 bits per heavy atom. The third kappa shape index (κ3) is 5.54. The molecule has 1 aliphatic heterocycles. The molecule has 0 saturated carbocycles. The van der Waals surface area contributed by atoms with Crippen LogP contribution in [0.5, 0.6) is 0 Å². The Balaban J connectivity index is 1.51. The van der Waals surface area contributed by atoms with E-state index in [-0.39, 0.29) is 22.5 Å². The number of nitrogens with one attached hydrogen (secondary N) is 2. The van der Waals surface area contributed by atoms with Crippen LogP contribution in [0, 0.1) is 11.7 Å². The van der Waals surface area contributed by atoms with Crippen molar-refractivity contribution in [3.05, 3.63) is 59.9 Å². The second kappa shape index (κ2) is 9.67. The molecule has 0 bridgehead atoms. The van der Waals surface area contributed by atoms with Gasteiger partial charge in [-0.2, -0.15) is 0 Å². The summed E-state index contributed by atoms with van der Waals surface area (Å²) in [6.45, 7) is 6.85. The fraction of sp³-hybridized carbons (Fsp3) is 0.318. The highest BCUT2D eigenvalue weighted by molar-refractivity contribution is 7.80. The summed E-state index contributed by atoms with van der Waals surface area (Å²) in [6.07, 6.45) is 0. The molecule has 1 saturated heterocycles. The van der Waals surface area contributed by atoms with Crippen LogP contribution in [0.2, 0.25) is 0 Å². The molecule has 2 aromatic rings. The fourth-order valence-electron chi connectivity index (χ4n) is 3.27. The van der Waals surface area contributed by atoms with Gasteiger partial charge in [-0.05, 0) is 54.7 Å². The Hall–Kier alpha value is -3.00. The fourth-order valence-corrected chi connectivity index (χ4v) is 3.48. The number of anilines is 2. The predicted octanol–water partition coefficient (Wildman–Crippen LogP) is 3.26. The number of benzene rings is 2. The smallest absolute Gasteiger partial charge is 0.257 e. The summed E-state index contributed by atoms with van der Waals surface area (Å²) < 4.78 is 13.2. The monoisotopic (exact) mass is 428 g/mol. The third-order valence-corrected chi connectivity index (χ3v) is 5.09. The molecule has 1 aliphatic rings. The highest BCUT2D eigenvalue weighted by Gasteiger charge is 2.22. The summed E-state index contributed by atoms with van der Waals surface area (Å²) in [5.41, 5.74) is 1.99. The highest BCUT2D eigenvalue weighted by atomic mass is 32.1. The lowest BCUT2D eigenvalue weighted by Crippen LogP contribution is -2.49. The Bertz CT molecular complexity index is 925. The van der Waals surface area contributed by atoms with Gasteiger partial charge in [0.15, 0.2) is 5.11 Å². The number of hydrogen-bond acceptors (Lipinski definition) is 4. The maximum Gasteiger partial charge on any atom is 0.257 e. The second-order valence-electron chi connectivity index (χ2n) is 7.43. The quantitative estimate of drug-likeness (QED) is 0.732. The topological polar surface area (TPSA) is 64.7 Å². The van der Waals surface area contributed by atoms with E-state index < -0.39 is 11.7 Å². The number of thiocarbonyl (C=S) groups is 1. The zero-order valence-electron chi connectivity index (χ0n) is 17.0. The number of carbonyl (C=O) groups is 2. The van der Waals surface area contributed by atoms with Gasteiger partial charge in [0, 0.05) is 49.0 Å². The number of rotatable bonds is 4. The first kappa shape index (κ1) is 21.7. The molecule has 6 nitrogen and oxygen atoms in total. The van der Waals surface area contributed by atoms with Gasteiger partial charge in [0.1, 0.15) is 5.82 Å². The summed E-state index contributed by atoms with van der Waals surface area (Å²) in [5.74, 6) is -0.737. The normalized spacial score (nSPS) is 13.9. The number of amides is 2. The summed E-state index contributed by atoms with van der Waals surface area (Å²) in [7, 11) is 0. The molecule has 0 spiro atoms. The van der Waals surface area contributed by atoms with E-state index in [2.05, 4.69) is 15.5 Å². The number of piperazine rings is 1. The van der Waals surface area contributed by atoms with Crippen LogP contribution in [-0.2, 0) is 4.79 Å². The molecular weight excluding hydrogens is 403 g/mol. The Morgan fingerprint density at radius 1 is 1.03 bits per heavy atom. The summed E-state index contributed by atoms with van der Waals surface area (Å²) in [5, 5.41) is 5.63. The molecule has 0 radical (unpaired) electrons. The maximum absolute atomic E-state index is 13.2. The first-order valence-corrected chi connectivity index (χ1v) is 10.3. The molecule has 30 heavy (non-hydrogen) atoms. The van der Waals surface area contributed by atoms with Crippen LogP contribution in [0.3, 0.4) is 0 Å². The molecule has 0 unspecified atom stereocenters. The van der Waals surface area contributed by atoms with Crippen molar-refractivity contribution in [3.8, 4) is 0 Å². The minimum Gasteiger partial charge on any atom is -0.368 e. The van der Waals surface area contributed by atoms with Gasteiger partial charge in [0.25, 0.3) is 5.91 Å². The zero-order valence-corrected chi connectivity index (χ0v) is 17.8. The van der Waals surface area contributed by atoms with E-state index in [1.165, 1.54) is 18.2 Å². The van der Waals surface area contributed by atoms with E-state index in [4.69, 9.17) is 12.2 Å². The van der Waals surface area contributed by atoms with Gasteiger partial charge in [-0.15, -0.1) is 0 Å². The van der Waals surface area contributed by atoms with Gasteiger partial charge in [0.2, 0.25) is 5.91 Å². The van der Waals surface area contributed by atoms with Crippen molar-refractivity contribution in [2.45, 2.75) is 13.8 Å². The molecule has 0 atom stereocenters. The molecule has 0 aromatic heterocycles. The first-order chi connectivity index (χ1) is 14.3. The molecule has 158 valence electrons. The summed E-state index contributed by atoms with van der Waals surface area (Å²) in [4.78, 5) is 28.4. The molecule has 2 amide bonds. The molecule has 3 rings (SSSR count). The number of nitrogens with zero attached hydrogens (tertiary/aromatic N) is 2. The van der Waals surface area contributed by atoms with Gasteiger partial charge < -0.3 is 15.1 Å². The second-order valence-corrected chi connectivity index (χ2v) is 7.84. The Morgan fingerprint density at radius 2 is 1.70 bits per heavy atom. The summed E-state index contributed by atoms with van der Waals surface area (Å²) in [6, 6.07) is 13.1. The van der Waals surface area contributed by atoms with Gasteiger partial charge in [-0.1, -0.05) is 19.9 Å². The first-order valence-electron chi connectivity index (χ1n) is 9.85. The van der Waals surface area contributed by atoms with E-state index in [1.54, 1.807) is 0 Å². The van der Waals surface area contributed by atoms with Gasteiger partial charge in [-0.3, -0.25) is 14.9 Å². The van der Waals surface area contributed by atoms with Crippen molar-refractivity contribution >= 4 is 40.5 Å². The van der Waals surface area contributed by atoms with Crippen molar-refractivity contribution in [2.75, 3.05) is 36.4 Å². The van der Waals surface area contributed by atoms with Crippen LogP contribution in [-0.4, -0.2) is 48.0 Å². The minimum atomic E-state index is -0.480. The lowest BCUT2D eigenvalue weighted by molar-refractivity contribution is -0.134. The van der Waals surface area contributed by atoms with Gasteiger partial charge in [-0.25, -0.2) is 4.39 Å². The van der Waals surface area contributed by atoms with Crippen LogP contribution in [0.4, 0.5) is 15.8 Å². The highest BCUT2D eigenvalue weighted by Crippen LogP contribution is 2.20. The van der Waals surface area contributed by atoms with Crippen LogP contribution in [0.25, 0.3) is 0 Å². The van der Waals surface area contributed by atoms with Crippen molar-refractivity contribution in [3.63, 3.8) is 0 Å². The van der Waals surface area contributed by atoms with Gasteiger partial charge >= 0.3 is 0 Å². The van der Waals surface area contributed by atoms with Crippen LogP contribution >= 0.6 is 12.2 Å². The number of hydrogen-bond donors (Lipinski definition) is 2. The van der Waals surface area contributed by atoms with E-state index in [0.717, 1.165) is 30.5 Å². The van der Waals surface area contributed by atoms with Crippen molar-refractivity contribution < 1.29 is 14.0 Å². The SMILES string of the molecule is CC(C)C(=O)N1CCN(c2ccc(NC(=S)NC(=O)c3cccc(F)c3)cc2)CC1. The molecule has 0 aliphatic carbocycles. The third-order valence-electron chi connectivity index (χ3n) is 4.89. The Labute approximate surface area is 181 Å². The Kier molecular flexibility index (Phi) is 6.99. The lowest BCUT2D eigenvalue weighted by Gasteiger charge is -2.37. The number of halogens is 1. The van der Waals surface area contributed by atoms with E-state index in [1.807, 2.05) is 43.0 Å². The zero-order chi connectivity index (χ0) is 21.7. The van der Waals surface area contributed by atoms with Gasteiger partial charge in [0.05, 0.1) is 0 Å². The largest absolute Gasteiger partial charge is 0.368 e. The molecular formula is C22H25FN4O2S. The standard InChI is InChI=1S/C22H25FN4O2S/c1-15(2)21(29)27-12-10-26(11-13-27)19-8-6-18(7-9-19)24-22(30)25-20(28)16-4-3-5-17(23)14-16/h3-9,14-15H,10-13H2,1-2H3,(H2,24,25,28,30). The average molecular weight is 429 g/mol. The van der Waals surface area contributed by atoms with Crippen LogP contribution in [0.15, 0.2) is 48.5 Å². The molecule has 2 aromatic carbocycles. The molecule has 2 N–H and O–H groups in total. The minimum absolute atomic E-state index is 0.0205. The van der Waals surface area contributed by atoms with E-state index in [9.17, 15) is 14.0 Å². The van der Waals surface area contributed by atoms with E-state index >= 15 is 0 Å². The number of carbonyl (C=O) groups excluding carboxylic acids is 2. The van der Waals surface area contributed by atoms with E-state index in [0.29, 0.717) is 13.1 Å². The summed E-state index contributed by atoms with van der Waals surface area (Å²) >= 11 is 5.18.